The molecule has 0 aliphatic carbocycles. The number of carbonyl (C=O) groups excluding carboxylic acids is 1. The fourth-order valence-corrected chi connectivity index (χ4v) is 2.56. The van der Waals surface area contributed by atoms with E-state index in [1.54, 1.807) is 0 Å². The Morgan fingerprint density at radius 1 is 1.08 bits per heavy atom. The van der Waals surface area contributed by atoms with Crippen LogP contribution in [-0.2, 0) is 14.8 Å². The number of nitrogens with one attached hydrogen (secondary N) is 2. The van der Waals surface area contributed by atoms with Crippen molar-refractivity contribution >= 4 is 27.8 Å². The van der Waals surface area contributed by atoms with E-state index in [4.69, 9.17) is 0 Å². The molecule has 0 atom stereocenters. The molecular formula is C15H15N3O5S. The Balaban J connectivity index is 2.08. The molecule has 0 aliphatic rings. The zero-order chi connectivity index (χ0) is 17.7. The molecule has 4 N–H and O–H groups in total. The molecule has 0 saturated heterocycles. The van der Waals surface area contributed by atoms with Gasteiger partial charge in [0, 0.05) is 12.6 Å². The molecular weight excluding hydrogens is 334 g/mol. The van der Waals surface area contributed by atoms with Gasteiger partial charge < -0.3 is 15.5 Å². The normalized spacial score (nSPS) is 11.4. The van der Waals surface area contributed by atoms with Gasteiger partial charge in [0.2, 0.25) is 5.91 Å². The molecule has 24 heavy (non-hydrogen) atoms. The number of hydrogen-bond acceptors (Lipinski definition) is 6. The van der Waals surface area contributed by atoms with E-state index in [0.717, 1.165) is 0 Å². The van der Waals surface area contributed by atoms with Gasteiger partial charge in [-0.2, -0.15) is 13.5 Å². The van der Waals surface area contributed by atoms with Crippen LogP contribution in [0, 0.1) is 0 Å². The molecule has 2 rings (SSSR count). The van der Waals surface area contributed by atoms with Gasteiger partial charge in [0.25, 0.3) is 10.0 Å². The summed E-state index contributed by atoms with van der Waals surface area (Å²) >= 11 is 0. The Morgan fingerprint density at radius 3 is 2.33 bits per heavy atom. The Hall–Kier alpha value is -3.07. The smallest absolute Gasteiger partial charge is 0.276 e. The Bertz CT molecular complexity index is 876. The fraction of sp³-hybridized carbons (Fsp3) is 0.0667. The van der Waals surface area contributed by atoms with E-state index in [9.17, 15) is 23.4 Å². The van der Waals surface area contributed by atoms with Crippen molar-refractivity contribution in [3.05, 3.63) is 48.0 Å². The SMILES string of the molecule is CC(=O)Nc1ccc(S(=O)(=O)N/N=C/c2ccc(O)c(O)c2)cc1. The second-order valence-corrected chi connectivity index (χ2v) is 6.47. The summed E-state index contributed by atoms with van der Waals surface area (Å²) in [6.07, 6.45) is 1.18. The largest absolute Gasteiger partial charge is 0.504 e. The lowest BCUT2D eigenvalue weighted by Gasteiger charge is -2.05. The van der Waals surface area contributed by atoms with E-state index in [1.807, 2.05) is 4.83 Å². The average molecular weight is 349 g/mol. The van der Waals surface area contributed by atoms with Crippen LogP contribution in [0.1, 0.15) is 12.5 Å². The molecule has 2 aromatic carbocycles. The van der Waals surface area contributed by atoms with Crippen LogP contribution in [0.3, 0.4) is 0 Å². The van der Waals surface area contributed by atoms with E-state index in [2.05, 4.69) is 10.4 Å². The first kappa shape index (κ1) is 17.3. The summed E-state index contributed by atoms with van der Waals surface area (Å²) < 4.78 is 24.2. The van der Waals surface area contributed by atoms with Crippen molar-refractivity contribution in [2.45, 2.75) is 11.8 Å². The molecule has 0 unspecified atom stereocenters. The molecule has 0 fully saturated rings. The first-order chi connectivity index (χ1) is 11.3. The Labute approximate surface area is 138 Å². The lowest BCUT2D eigenvalue weighted by molar-refractivity contribution is -0.114. The van der Waals surface area contributed by atoms with Crippen LogP contribution in [0.2, 0.25) is 0 Å². The molecule has 0 aromatic heterocycles. The Morgan fingerprint density at radius 2 is 1.75 bits per heavy atom. The van der Waals surface area contributed by atoms with Crippen molar-refractivity contribution in [1.29, 1.82) is 0 Å². The number of phenols is 2. The number of sulfonamides is 1. The van der Waals surface area contributed by atoms with Gasteiger partial charge in [-0.05, 0) is 48.0 Å². The number of benzene rings is 2. The van der Waals surface area contributed by atoms with Crippen molar-refractivity contribution < 1.29 is 23.4 Å². The molecule has 0 radical (unpaired) electrons. The van der Waals surface area contributed by atoms with E-state index in [1.165, 1.54) is 55.6 Å². The lowest BCUT2D eigenvalue weighted by Crippen LogP contribution is -2.18. The quantitative estimate of drug-likeness (QED) is 0.368. The third kappa shape index (κ3) is 4.46. The van der Waals surface area contributed by atoms with Gasteiger partial charge >= 0.3 is 0 Å². The van der Waals surface area contributed by atoms with Crippen LogP contribution in [0.15, 0.2) is 52.5 Å². The predicted octanol–water partition coefficient (Wildman–Crippen LogP) is 1.37. The van der Waals surface area contributed by atoms with Crippen LogP contribution < -0.4 is 10.1 Å². The first-order valence-electron chi connectivity index (χ1n) is 6.72. The van der Waals surface area contributed by atoms with E-state index < -0.39 is 10.0 Å². The van der Waals surface area contributed by atoms with Crippen molar-refractivity contribution in [3.63, 3.8) is 0 Å². The highest BCUT2D eigenvalue weighted by atomic mass is 32.2. The number of aromatic hydroxyl groups is 2. The number of phenolic OH excluding ortho intramolecular Hbond substituents is 2. The van der Waals surface area contributed by atoms with Crippen LogP contribution >= 0.6 is 0 Å². The van der Waals surface area contributed by atoms with Crippen molar-refractivity contribution in [3.8, 4) is 11.5 Å². The van der Waals surface area contributed by atoms with Gasteiger partial charge in [-0.15, -0.1) is 0 Å². The predicted molar refractivity (Wildman–Crippen MR) is 88.4 cm³/mol. The third-order valence-corrected chi connectivity index (χ3v) is 4.11. The van der Waals surface area contributed by atoms with Crippen LogP contribution in [-0.4, -0.2) is 30.8 Å². The minimum Gasteiger partial charge on any atom is -0.504 e. The van der Waals surface area contributed by atoms with Gasteiger partial charge in [-0.1, -0.05) is 0 Å². The number of rotatable bonds is 5. The van der Waals surface area contributed by atoms with E-state index in [0.29, 0.717) is 11.3 Å². The topological polar surface area (TPSA) is 128 Å². The van der Waals surface area contributed by atoms with Gasteiger partial charge in [-0.3, -0.25) is 4.79 Å². The van der Waals surface area contributed by atoms with Crippen LogP contribution in [0.5, 0.6) is 11.5 Å². The van der Waals surface area contributed by atoms with Gasteiger partial charge in [0.15, 0.2) is 11.5 Å². The van der Waals surface area contributed by atoms with Crippen molar-refractivity contribution in [1.82, 2.24) is 4.83 Å². The second-order valence-electron chi connectivity index (χ2n) is 4.81. The number of anilines is 1. The van der Waals surface area contributed by atoms with Crippen molar-refractivity contribution in [2.75, 3.05) is 5.32 Å². The molecule has 0 spiro atoms. The highest BCUT2D eigenvalue weighted by molar-refractivity contribution is 7.89. The monoisotopic (exact) mass is 349 g/mol. The Kier molecular flexibility index (Phi) is 5.05. The van der Waals surface area contributed by atoms with E-state index in [-0.39, 0.29) is 22.3 Å². The maximum atomic E-state index is 12.1. The molecule has 2 aromatic rings. The minimum absolute atomic E-state index is 0.0256. The second kappa shape index (κ2) is 7.01. The van der Waals surface area contributed by atoms with Gasteiger partial charge in [-0.25, -0.2) is 4.83 Å². The van der Waals surface area contributed by atoms with Crippen molar-refractivity contribution in [2.24, 2.45) is 5.10 Å². The molecule has 0 heterocycles. The number of hydrazone groups is 1. The fourth-order valence-electron chi connectivity index (χ4n) is 1.76. The molecule has 8 nitrogen and oxygen atoms in total. The maximum absolute atomic E-state index is 12.1. The highest BCUT2D eigenvalue weighted by Crippen LogP contribution is 2.24. The zero-order valence-corrected chi connectivity index (χ0v) is 13.4. The summed E-state index contributed by atoms with van der Waals surface area (Å²) in [6.45, 7) is 1.35. The number of nitrogens with zero attached hydrogens (tertiary/aromatic N) is 1. The summed E-state index contributed by atoms with van der Waals surface area (Å²) in [5, 5.41) is 24.7. The molecule has 126 valence electrons. The molecule has 0 bridgehead atoms. The van der Waals surface area contributed by atoms with Gasteiger partial charge in [0.1, 0.15) is 0 Å². The molecule has 9 heteroatoms. The summed E-state index contributed by atoms with van der Waals surface area (Å²) in [5.74, 6) is -0.882. The highest BCUT2D eigenvalue weighted by Gasteiger charge is 2.12. The lowest BCUT2D eigenvalue weighted by atomic mass is 10.2. The van der Waals surface area contributed by atoms with Crippen LogP contribution in [0.25, 0.3) is 0 Å². The number of hydrogen-bond donors (Lipinski definition) is 4. The average Bonchev–Trinajstić information content (AvgIpc) is 2.50. The molecule has 0 saturated carbocycles. The van der Waals surface area contributed by atoms with E-state index >= 15 is 0 Å². The third-order valence-electron chi connectivity index (χ3n) is 2.87. The number of amides is 1. The summed E-state index contributed by atoms with van der Waals surface area (Å²) in [4.78, 5) is 12.9. The number of carbonyl (C=O) groups is 1. The first-order valence-corrected chi connectivity index (χ1v) is 8.21. The minimum atomic E-state index is -3.87. The molecule has 0 aliphatic heterocycles. The summed E-state index contributed by atoms with van der Waals surface area (Å²) in [6, 6.07) is 9.51. The zero-order valence-electron chi connectivity index (χ0n) is 12.6. The van der Waals surface area contributed by atoms with Crippen LogP contribution in [0.4, 0.5) is 5.69 Å². The summed E-state index contributed by atoms with van der Waals surface area (Å²) in [5.41, 5.74) is 0.874. The maximum Gasteiger partial charge on any atom is 0.276 e. The van der Waals surface area contributed by atoms with Gasteiger partial charge in [0.05, 0.1) is 11.1 Å². The molecule has 1 amide bonds. The summed E-state index contributed by atoms with van der Waals surface area (Å²) in [7, 11) is -3.87. The standard InChI is InChI=1S/C15H15N3O5S/c1-10(19)17-12-3-5-13(6-4-12)24(22,23)18-16-9-11-2-7-14(20)15(21)8-11/h2-9,18,20-21H,1H3,(H,17,19)/b16-9+.